The van der Waals surface area contributed by atoms with Crippen molar-refractivity contribution in [3.63, 3.8) is 0 Å². The molecule has 4 nitrogen and oxygen atoms in total. The molecule has 2 aromatic rings. The van der Waals surface area contributed by atoms with Gasteiger partial charge in [0.15, 0.2) is 0 Å². The molecule has 2 N–H and O–H groups in total. The summed E-state index contributed by atoms with van der Waals surface area (Å²) in [5.41, 5.74) is 1.84. The van der Waals surface area contributed by atoms with Gasteiger partial charge in [-0.3, -0.25) is 0 Å². The number of likely N-dealkylation sites (N-methyl/N-ethyl adjacent to an activating group) is 1. The van der Waals surface area contributed by atoms with Crippen molar-refractivity contribution in [3.05, 3.63) is 36.0 Å². The van der Waals surface area contributed by atoms with Crippen molar-refractivity contribution in [3.8, 4) is 5.75 Å². The van der Waals surface area contributed by atoms with E-state index in [0.717, 1.165) is 28.9 Å². The fourth-order valence-electron chi connectivity index (χ4n) is 1.99. The zero-order valence-electron chi connectivity index (χ0n) is 11.4. The number of pyridine rings is 1. The summed E-state index contributed by atoms with van der Waals surface area (Å²) in [6.45, 7) is 5.27. The molecule has 0 saturated heterocycles. The van der Waals surface area contributed by atoms with Crippen LogP contribution in [0, 0.1) is 6.92 Å². The van der Waals surface area contributed by atoms with E-state index in [0.29, 0.717) is 6.61 Å². The Kier molecular flexibility index (Phi) is 4.71. The summed E-state index contributed by atoms with van der Waals surface area (Å²) < 4.78 is 5.79. The van der Waals surface area contributed by atoms with Gasteiger partial charge in [0, 0.05) is 11.1 Å². The minimum atomic E-state index is -0.0509. The number of benzene rings is 1. The van der Waals surface area contributed by atoms with E-state index in [1.165, 1.54) is 0 Å². The maximum atomic E-state index is 9.23. The maximum absolute atomic E-state index is 9.23. The van der Waals surface area contributed by atoms with Crippen LogP contribution in [0.1, 0.15) is 12.6 Å². The van der Waals surface area contributed by atoms with Crippen molar-refractivity contribution in [2.24, 2.45) is 0 Å². The second-order valence-corrected chi connectivity index (χ2v) is 4.53. The third-order valence-corrected chi connectivity index (χ3v) is 2.98. The molecule has 0 bridgehead atoms. The molecule has 1 heterocycles. The van der Waals surface area contributed by atoms with Crippen molar-refractivity contribution in [2.75, 3.05) is 19.8 Å². The van der Waals surface area contributed by atoms with Crippen LogP contribution in [0.5, 0.6) is 5.75 Å². The number of aromatic nitrogens is 1. The zero-order chi connectivity index (χ0) is 13.7. The molecular weight excluding hydrogens is 240 g/mol. The number of hydrogen-bond donors (Lipinski definition) is 2. The number of nitrogens with one attached hydrogen (secondary N) is 1. The number of hydrogen-bond acceptors (Lipinski definition) is 4. The molecular formula is C15H20N2O2. The van der Waals surface area contributed by atoms with Gasteiger partial charge in [-0.15, -0.1) is 0 Å². The fraction of sp³-hybridized carbons (Fsp3) is 0.400. The molecule has 19 heavy (non-hydrogen) atoms. The second-order valence-electron chi connectivity index (χ2n) is 4.53. The van der Waals surface area contributed by atoms with E-state index >= 15 is 0 Å². The van der Waals surface area contributed by atoms with E-state index in [4.69, 9.17) is 4.74 Å². The van der Waals surface area contributed by atoms with Crippen molar-refractivity contribution in [1.82, 2.24) is 10.3 Å². The van der Waals surface area contributed by atoms with Crippen molar-refractivity contribution in [1.29, 1.82) is 0 Å². The Morgan fingerprint density at radius 2 is 2.16 bits per heavy atom. The Hall–Kier alpha value is -1.65. The molecule has 1 aromatic carbocycles. The van der Waals surface area contributed by atoms with Gasteiger partial charge in [-0.25, -0.2) is 4.98 Å². The van der Waals surface area contributed by atoms with Crippen LogP contribution in [0.25, 0.3) is 10.9 Å². The molecule has 4 heteroatoms. The van der Waals surface area contributed by atoms with Gasteiger partial charge in [-0.05, 0) is 25.6 Å². The second kappa shape index (κ2) is 6.50. The number of nitrogens with zero attached hydrogens (tertiary/aromatic N) is 1. The molecule has 0 amide bonds. The van der Waals surface area contributed by atoms with E-state index in [1.807, 2.05) is 44.2 Å². The summed E-state index contributed by atoms with van der Waals surface area (Å²) in [5.74, 6) is 0.762. The van der Waals surface area contributed by atoms with Gasteiger partial charge in [0.2, 0.25) is 0 Å². The van der Waals surface area contributed by atoms with Gasteiger partial charge in [0.25, 0.3) is 0 Å². The van der Waals surface area contributed by atoms with Gasteiger partial charge in [0.05, 0.1) is 12.6 Å². The number of rotatable bonds is 6. The number of fused-ring (bicyclic) bond motifs is 1. The topological polar surface area (TPSA) is 54.4 Å². The molecule has 2 rings (SSSR count). The van der Waals surface area contributed by atoms with Crippen LogP contribution in [0.3, 0.4) is 0 Å². The number of para-hydroxylation sites is 1. The number of ether oxygens (including phenoxy) is 1. The van der Waals surface area contributed by atoms with Crippen molar-refractivity contribution in [2.45, 2.75) is 19.9 Å². The Labute approximate surface area is 113 Å². The summed E-state index contributed by atoms with van der Waals surface area (Å²) in [6, 6.07) is 9.86. The molecule has 1 unspecified atom stereocenters. The highest BCUT2D eigenvalue weighted by molar-refractivity contribution is 5.84. The SMILES string of the molecule is CCNC(CO)COc1cccc2ccc(C)nc12. The zero-order valence-corrected chi connectivity index (χ0v) is 11.4. The Morgan fingerprint density at radius 1 is 1.32 bits per heavy atom. The molecule has 0 spiro atoms. The standard InChI is InChI=1S/C15H20N2O2/c1-3-16-13(9-18)10-19-14-6-4-5-12-8-7-11(2)17-15(12)14/h4-8,13,16,18H,3,9-10H2,1-2H3. The van der Waals surface area contributed by atoms with Crippen LogP contribution < -0.4 is 10.1 Å². The van der Waals surface area contributed by atoms with Crippen LogP contribution in [0.2, 0.25) is 0 Å². The third-order valence-electron chi connectivity index (χ3n) is 2.98. The molecule has 0 aliphatic carbocycles. The van der Waals surface area contributed by atoms with Gasteiger partial charge < -0.3 is 15.2 Å². The van der Waals surface area contributed by atoms with Gasteiger partial charge >= 0.3 is 0 Å². The lowest BCUT2D eigenvalue weighted by atomic mass is 10.2. The van der Waals surface area contributed by atoms with Crippen LogP contribution in [-0.4, -0.2) is 35.9 Å². The van der Waals surface area contributed by atoms with E-state index < -0.39 is 0 Å². The smallest absolute Gasteiger partial charge is 0.145 e. The maximum Gasteiger partial charge on any atom is 0.145 e. The summed E-state index contributed by atoms with van der Waals surface area (Å²) in [6.07, 6.45) is 0. The number of aliphatic hydroxyl groups is 1. The van der Waals surface area contributed by atoms with E-state index in [2.05, 4.69) is 10.3 Å². The lowest BCUT2D eigenvalue weighted by molar-refractivity contribution is 0.185. The minimum absolute atomic E-state index is 0.0509. The summed E-state index contributed by atoms with van der Waals surface area (Å²) in [5, 5.41) is 13.5. The van der Waals surface area contributed by atoms with E-state index in [-0.39, 0.29) is 12.6 Å². The van der Waals surface area contributed by atoms with Gasteiger partial charge in [-0.2, -0.15) is 0 Å². The Balaban J connectivity index is 2.18. The third kappa shape index (κ3) is 3.43. The van der Waals surface area contributed by atoms with E-state index in [9.17, 15) is 5.11 Å². The van der Waals surface area contributed by atoms with Gasteiger partial charge in [0.1, 0.15) is 17.9 Å². The lowest BCUT2D eigenvalue weighted by Crippen LogP contribution is -2.37. The first-order valence-electron chi connectivity index (χ1n) is 6.58. The molecule has 0 radical (unpaired) electrons. The molecule has 0 aliphatic rings. The van der Waals surface area contributed by atoms with Crippen molar-refractivity contribution < 1.29 is 9.84 Å². The van der Waals surface area contributed by atoms with E-state index in [1.54, 1.807) is 0 Å². The Bertz CT molecular complexity index is 543. The minimum Gasteiger partial charge on any atom is -0.490 e. The van der Waals surface area contributed by atoms with Crippen LogP contribution >= 0.6 is 0 Å². The predicted octanol–water partition coefficient (Wildman–Crippen LogP) is 1.89. The highest BCUT2D eigenvalue weighted by Crippen LogP contribution is 2.23. The first-order valence-corrected chi connectivity index (χ1v) is 6.58. The van der Waals surface area contributed by atoms with Gasteiger partial charge in [-0.1, -0.05) is 25.1 Å². The molecule has 102 valence electrons. The highest BCUT2D eigenvalue weighted by atomic mass is 16.5. The van der Waals surface area contributed by atoms with Crippen LogP contribution in [-0.2, 0) is 0 Å². The van der Waals surface area contributed by atoms with Crippen LogP contribution in [0.15, 0.2) is 30.3 Å². The highest BCUT2D eigenvalue weighted by Gasteiger charge is 2.09. The number of aryl methyl sites for hydroxylation is 1. The first-order chi connectivity index (χ1) is 9.24. The largest absolute Gasteiger partial charge is 0.490 e. The predicted molar refractivity (Wildman–Crippen MR) is 76.5 cm³/mol. The molecule has 0 saturated carbocycles. The molecule has 1 atom stereocenters. The fourth-order valence-corrected chi connectivity index (χ4v) is 1.99. The normalized spacial score (nSPS) is 12.6. The number of aliphatic hydroxyl groups excluding tert-OH is 1. The first kappa shape index (κ1) is 13.8. The summed E-state index contributed by atoms with van der Waals surface area (Å²) >= 11 is 0. The quantitative estimate of drug-likeness (QED) is 0.833. The average Bonchev–Trinajstić information content (AvgIpc) is 2.43. The van der Waals surface area contributed by atoms with Crippen LogP contribution in [0.4, 0.5) is 0 Å². The van der Waals surface area contributed by atoms with Crippen molar-refractivity contribution >= 4 is 10.9 Å². The lowest BCUT2D eigenvalue weighted by Gasteiger charge is -2.16. The molecule has 1 aromatic heterocycles. The summed E-state index contributed by atoms with van der Waals surface area (Å²) in [7, 11) is 0. The summed E-state index contributed by atoms with van der Waals surface area (Å²) in [4.78, 5) is 4.52. The molecule has 0 aliphatic heterocycles. The Morgan fingerprint density at radius 3 is 2.89 bits per heavy atom. The monoisotopic (exact) mass is 260 g/mol. The molecule has 0 fully saturated rings. The average molecular weight is 260 g/mol.